The molecular weight excluding hydrogens is 347 g/mol. The topological polar surface area (TPSA) is 18.5 Å². The minimum atomic E-state index is -1.61. The molecular formula is C17H32GeN3Si. The zero-order chi connectivity index (χ0) is 16.7. The van der Waals surface area contributed by atoms with E-state index in [2.05, 4.69) is 96.6 Å². The standard InChI is InChI=1S/C17H32GeN3Si/c1-16(2,3)20-15(14-12-10-9-11-13-14)21(17(4,5)6)18(20)19-22(7)8/h9-13,15,19,22H,1-8H3. The molecule has 22 heavy (non-hydrogen) atoms. The molecule has 0 bridgehead atoms. The molecule has 1 saturated heterocycles. The maximum atomic E-state index is 4.05. The minimum absolute atomic E-state index is 0.202. The molecule has 1 radical (unpaired) electrons. The molecule has 123 valence electrons. The van der Waals surface area contributed by atoms with E-state index in [1.54, 1.807) is 0 Å². The van der Waals surface area contributed by atoms with Gasteiger partial charge in [0.15, 0.2) is 0 Å². The van der Waals surface area contributed by atoms with Crippen molar-refractivity contribution in [1.82, 2.24) is 11.7 Å². The van der Waals surface area contributed by atoms with Crippen LogP contribution >= 0.6 is 0 Å². The van der Waals surface area contributed by atoms with Crippen molar-refractivity contribution in [2.75, 3.05) is 0 Å². The fraction of sp³-hybridized carbons (Fsp3) is 0.647. The van der Waals surface area contributed by atoms with E-state index >= 15 is 0 Å². The van der Waals surface area contributed by atoms with Gasteiger partial charge in [0.25, 0.3) is 0 Å². The van der Waals surface area contributed by atoms with Crippen LogP contribution in [-0.4, -0.2) is 42.8 Å². The van der Waals surface area contributed by atoms with E-state index < -0.39 is 24.0 Å². The molecule has 0 amide bonds. The monoisotopic (exact) mass is 380 g/mol. The first-order valence-corrected chi connectivity index (χ1v) is 14.1. The summed E-state index contributed by atoms with van der Waals surface area (Å²) in [5.41, 5.74) is 1.83. The van der Waals surface area contributed by atoms with Crippen molar-refractivity contribution in [2.24, 2.45) is 0 Å². The second kappa shape index (κ2) is 6.40. The zero-order valence-corrected chi connectivity index (χ0v) is 18.7. The summed E-state index contributed by atoms with van der Waals surface area (Å²) in [6.45, 7) is 19.0. The fourth-order valence-corrected chi connectivity index (χ4v) is 13.8. The van der Waals surface area contributed by atoms with Crippen LogP contribution in [0, 0.1) is 0 Å². The fourth-order valence-electron chi connectivity index (χ4n) is 3.10. The first kappa shape index (κ1) is 18.2. The van der Waals surface area contributed by atoms with Crippen LogP contribution in [0.25, 0.3) is 0 Å². The van der Waals surface area contributed by atoms with E-state index in [9.17, 15) is 0 Å². The normalized spacial score (nSPS) is 19.7. The molecule has 3 nitrogen and oxygen atoms in total. The number of nitrogens with one attached hydrogen (secondary N) is 1. The molecule has 0 saturated carbocycles. The summed E-state index contributed by atoms with van der Waals surface area (Å²) in [5, 5.41) is 0. The Morgan fingerprint density at radius 2 is 1.36 bits per heavy atom. The van der Waals surface area contributed by atoms with E-state index in [-0.39, 0.29) is 11.1 Å². The van der Waals surface area contributed by atoms with Crippen LogP contribution in [0.5, 0.6) is 0 Å². The Bertz CT molecular complexity index is 471. The summed E-state index contributed by atoms with van der Waals surface area (Å²) in [7, 11) is -0.796. The van der Waals surface area contributed by atoms with Crippen LogP contribution in [0.1, 0.15) is 53.3 Å². The van der Waals surface area contributed by atoms with Crippen LogP contribution in [-0.2, 0) is 0 Å². The van der Waals surface area contributed by atoms with Crippen molar-refractivity contribution in [3.63, 3.8) is 0 Å². The number of hydrogen-bond acceptors (Lipinski definition) is 3. The number of benzene rings is 1. The van der Waals surface area contributed by atoms with Crippen LogP contribution in [0.3, 0.4) is 0 Å². The van der Waals surface area contributed by atoms with E-state index in [0.717, 1.165) is 0 Å². The average molecular weight is 379 g/mol. The van der Waals surface area contributed by atoms with E-state index in [1.165, 1.54) is 5.56 Å². The Morgan fingerprint density at radius 3 is 1.73 bits per heavy atom. The van der Waals surface area contributed by atoms with Gasteiger partial charge in [-0.25, -0.2) is 0 Å². The molecule has 1 aromatic carbocycles. The van der Waals surface area contributed by atoms with Crippen molar-refractivity contribution in [3.05, 3.63) is 35.9 Å². The van der Waals surface area contributed by atoms with Gasteiger partial charge in [-0.2, -0.15) is 0 Å². The molecule has 0 atom stereocenters. The molecule has 1 fully saturated rings. The third kappa shape index (κ3) is 3.67. The van der Waals surface area contributed by atoms with Gasteiger partial charge >= 0.3 is 143 Å². The molecule has 0 aromatic heterocycles. The van der Waals surface area contributed by atoms with Crippen LogP contribution in [0.4, 0.5) is 0 Å². The molecule has 1 aromatic rings. The van der Waals surface area contributed by atoms with Crippen molar-refractivity contribution in [2.45, 2.75) is 71.9 Å². The van der Waals surface area contributed by atoms with Gasteiger partial charge in [0, 0.05) is 0 Å². The average Bonchev–Trinajstić information content (AvgIpc) is 2.31. The molecule has 1 aliphatic rings. The van der Waals surface area contributed by atoms with Gasteiger partial charge in [-0.1, -0.05) is 0 Å². The molecule has 0 spiro atoms. The molecule has 5 heteroatoms. The van der Waals surface area contributed by atoms with Crippen LogP contribution in [0.15, 0.2) is 30.3 Å². The molecule has 1 heterocycles. The summed E-state index contributed by atoms with van der Waals surface area (Å²) in [4.78, 5) is 0. The Morgan fingerprint density at radius 1 is 0.909 bits per heavy atom. The van der Waals surface area contributed by atoms with Gasteiger partial charge in [0.05, 0.1) is 0 Å². The van der Waals surface area contributed by atoms with Crippen molar-refractivity contribution in [1.29, 1.82) is 0 Å². The third-order valence-electron chi connectivity index (χ3n) is 3.91. The number of rotatable bonds is 3. The van der Waals surface area contributed by atoms with Gasteiger partial charge < -0.3 is 0 Å². The Kier molecular flexibility index (Phi) is 5.29. The zero-order valence-electron chi connectivity index (χ0n) is 15.4. The van der Waals surface area contributed by atoms with Gasteiger partial charge in [0.2, 0.25) is 0 Å². The molecule has 0 aliphatic carbocycles. The summed E-state index contributed by atoms with van der Waals surface area (Å²) in [6.07, 6.45) is 0.413. The number of hydrogen-bond donors (Lipinski definition) is 1. The second-order valence-corrected chi connectivity index (χ2v) is 16.3. The van der Waals surface area contributed by atoms with Crippen molar-refractivity contribution in [3.8, 4) is 0 Å². The summed E-state index contributed by atoms with van der Waals surface area (Å²) in [6, 6.07) is 11.0. The van der Waals surface area contributed by atoms with Gasteiger partial charge in [-0.05, 0) is 0 Å². The Labute approximate surface area is 143 Å². The van der Waals surface area contributed by atoms with Crippen LogP contribution < -0.4 is 3.94 Å². The SMILES string of the molecule is C[SiH](C)[NH][Ge]1[N](C(C)(C)C)C(c2ccccc2)[N]1C(C)(C)C. The molecule has 2 rings (SSSR count). The first-order chi connectivity index (χ1) is 10.0. The third-order valence-corrected chi connectivity index (χ3v) is 15.8. The van der Waals surface area contributed by atoms with E-state index in [4.69, 9.17) is 0 Å². The summed E-state index contributed by atoms with van der Waals surface area (Å²) < 4.78 is 9.63. The number of nitrogens with zero attached hydrogens (tertiary/aromatic N) is 2. The van der Waals surface area contributed by atoms with Gasteiger partial charge in [-0.3, -0.25) is 0 Å². The quantitative estimate of drug-likeness (QED) is 0.812. The van der Waals surface area contributed by atoms with Crippen molar-refractivity contribution >= 4 is 24.0 Å². The van der Waals surface area contributed by atoms with E-state index in [1.807, 2.05) is 0 Å². The van der Waals surface area contributed by atoms with Gasteiger partial charge in [-0.15, -0.1) is 0 Å². The van der Waals surface area contributed by atoms with Crippen molar-refractivity contribution < 1.29 is 0 Å². The second-order valence-electron chi connectivity index (χ2n) is 8.49. The predicted molar refractivity (Wildman–Crippen MR) is 100 cm³/mol. The first-order valence-electron chi connectivity index (χ1n) is 8.30. The van der Waals surface area contributed by atoms with E-state index in [0.29, 0.717) is 6.17 Å². The predicted octanol–water partition coefficient (Wildman–Crippen LogP) is 3.46. The van der Waals surface area contributed by atoms with Crippen LogP contribution in [0.2, 0.25) is 13.1 Å². The maximum absolute atomic E-state index is 4.05. The van der Waals surface area contributed by atoms with Gasteiger partial charge in [0.1, 0.15) is 0 Å². The summed E-state index contributed by atoms with van der Waals surface area (Å²) in [5.74, 6) is 0. The Balaban J connectivity index is 2.42. The molecule has 0 unspecified atom stereocenters. The molecule has 1 aliphatic heterocycles. The Hall–Kier alpha value is -0.140. The summed E-state index contributed by atoms with van der Waals surface area (Å²) >= 11 is -1.61. The molecule has 1 N–H and O–H groups in total.